The van der Waals surface area contributed by atoms with Crippen molar-refractivity contribution in [3.05, 3.63) is 27.7 Å². The number of hydrogen-bond acceptors (Lipinski definition) is 2. The lowest BCUT2D eigenvalue weighted by molar-refractivity contribution is 0.326. The highest BCUT2D eigenvalue weighted by molar-refractivity contribution is 9.10. The topological polar surface area (TPSA) is 35.2 Å². The van der Waals surface area contributed by atoms with Gasteiger partial charge in [0, 0.05) is 11.6 Å². The van der Waals surface area contributed by atoms with Gasteiger partial charge >= 0.3 is 0 Å². The fourth-order valence-corrected chi connectivity index (χ4v) is 1.28. The Bertz CT molecular complexity index is 270. The summed E-state index contributed by atoms with van der Waals surface area (Å²) in [5.74, 6) is 0.730. The van der Waals surface area contributed by atoms with Crippen LogP contribution in [-0.2, 0) is 0 Å². The summed E-state index contributed by atoms with van der Waals surface area (Å²) in [6.07, 6.45) is 0. The fraction of sp³-hybridized carbons (Fsp3) is 0.250. The molecule has 0 bridgehead atoms. The van der Waals surface area contributed by atoms with E-state index in [1.165, 1.54) is 0 Å². The van der Waals surface area contributed by atoms with Gasteiger partial charge in [-0.25, -0.2) is 0 Å². The van der Waals surface area contributed by atoms with Crippen molar-refractivity contribution < 1.29 is 4.74 Å². The summed E-state index contributed by atoms with van der Waals surface area (Å²) in [5, 5.41) is 0.658. The van der Waals surface area contributed by atoms with Crippen molar-refractivity contribution in [2.75, 3.05) is 13.2 Å². The summed E-state index contributed by atoms with van der Waals surface area (Å²) in [6, 6.07) is 5.39. The Hall–Kier alpha value is 0.0400. The van der Waals surface area contributed by atoms with Crippen LogP contribution in [0.4, 0.5) is 0 Å². The lowest BCUT2D eigenvalue weighted by atomic mass is 10.3. The number of hydrogen-bond donors (Lipinski definition) is 1. The summed E-state index contributed by atoms with van der Waals surface area (Å²) >= 11 is 9.10. The molecule has 1 aromatic carbocycles. The largest absolute Gasteiger partial charge is 0.491 e. The molecule has 0 aromatic heterocycles. The Morgan fingerprint density at radius 3 is 2.77 bits per heavy atom. The van der Waals surface area contributed by atoms with Gasteiger partial charge in [-0.2, -0.15) is 0 Å². The molecule has 74 valence electrons. The Kier molecular flexibility index (Phi) is 6.51. The number of halogens is 3. The van der Waals surface area contributed by atoms with Crippen LogP contribution in [0.25, 0.3) is 0 Å². The summed E-state index contributed by atoms with van der Waals surface area (Å²) in [4.78, 5) is 0. The molecule has 0 unspecified atom stereocenters. The highest BCUT2D eigenvalue weighted by atomic mass is 79.9. The predicted molar refractivity (Wildman–Crippen MR) is 60.9 cm³/mol. The SMILES string of the molecule is Cl.NCCOc1cc(Cl)ccc1Br. The van der Waals surface area contributed by atoms with Crippen LogP contribution in [0, 0.1) is 0 Å². The lowest BCUT2D eigenvalue weighted by Crippen LogP contribution is -2.10. The predicted octanol–water partition coefficient (Wildman–Crippen LogP) is 2.86. The second-order valence-electron chi connectivity index (χ2n) is 2.21. The van der Waals surface area contributed by atoms with E-state index in [1.54, 1.807) is 12.1 Å². The van der Waals surface area contributed by atoms with E-state index < -0.39 is 0 Å². The number of ether oxygens (including phenoxy) is 1. The van der Waals surface area contributed by atoms with Crippen LogP contribution >= 0.6 is 39.9 Å². The lowest BCUT2D eigenvalue weighted by Gasteiger charge is -2.06. The third-order valence-electron chi connectivity index (χ3n) is 1.27. The van der Waals surface area contributed by atoms with E-state index in [4.69, 9.17) is 22.1 Å². The molecular formula is C8H10BrCl2NO. The monoisotopic (exact) mass is 285 g/mol. The van der Waals surface area contributed by atoms with Gasteiger partial charge in [0.1, 0.15) is 12.4 Å². The van der Waals surface area contributed by atoms with Crippen molar-refractivity contribution in [1.82, 2.24) is 0 Å². The molecular weight excluding hydrogens is 277 g/mol. The van der Waals surface area contributed by atoms with E-state index in [-0.39, 0.29) is 12.4 Å². The standard InChI is InChI=1S/C8H9BrClNO.ClH/c9-7-2-1-6(10)5-8(7)12-4-3-11;/h1-2,5H,3-4,11H2;1H. The molecule has 0 atom stereocenters. The molecule has 1 aromatic rings. The van der Waals surface area contributed by atoms with Crippen molar-refractivity contribution >= 4 is 39.9 Å². The van der Waals surface area contributed by atoms with E-state index in [9.17, 15) is 0 Å². The maximum Gasteiger partial charge on any atom is 0.135 e. The van der Waals surface area contributed by atoms with Gasteiger partial charge in [0.2, 0.25) is 0 Å². The molecule has 2 N–H and O–H groups in total. The average molecular weight is 287 g/mol. The minimum absolute atomic E-state index is 0. The maximum absolute atomic E-state index is 5.76. The van der Waals surface area contributed by atoms with E-state index in [0.717, 1.165) is 10.2 Å². The quantitative estimate of drug-likeness (QED) is 0.927. The van der Waals surface area contributed by atoms with E-state index in [2.05, 4.69) is 15.9 Å². The van der Waals surface area contributed by atoms with Crippen LogP contribution in [-0.4, -0.2) is 13.2 Å². The zero-order valence-corrected chi connectivity index (χ0v) is 9.95. The molecule has 0 spiro atoms. The molecule has 0 amide bonds. The third-order valence-corrected chi connectivity index (χ3v) is 2.16. The van der Waals surface area contributed by atoms with Gasteiger partial charge in [0.15, 0.2) is 0 Å². The molecule has 1 rings (SSSR count). The molecule has 5 heteroatoms. The van der Waals surface area contributed by atoms with Crippen molar-refractivity contribution in [3.8, 4) is 5.75 Å². The summed E-state index contributed by atoms with van der Waals surface area (Å²) < 4.78 is 6.20. The van der Waals surface area contributed by atoms with Gasteiger partial charge in [-0.3, -0.25) is 0 Å². The molecule has 0 aliphatic rings. The van der Waals surface area contributed by atoms with E-state index in [1.807, 2.05) is 6.07 Å². The fourth-order valence-electron chi connectivity index (χ4n) is 0.757. The van der Waals surface area contributed by atoms with Gasteiger partial charge in [-0.05, 0) is 34.1 Å². The second kappa shape index (κ2) is 6.49. The normalized spacial score (nSPS) is 9.15. The van der Waals surface area contributed by atoms with Crippen LogP contribution in [0.1, 0.15) is 0 Å². The summed E-state index contributed by atoms with van der Waals surface area (Å²) in [5.41, 5.74) is 5.29. The average Bonchev–Trinajstić information content (AvgIpc) is 2.07. The van der Waals surface area contributed by atoms with Crippen LogP contribution in [0.15, 0.2) is 22.7 Å². The first-order chi connectivity index (χ1) is 5.74. The number of nitrogens with two attached hydrogens (primary N) is 1. The molecule has 0 saturated carbocycles. The minimum Gasteiger partial charge on any atom is -0.491 e. The number of benzene rings is 1. The van der Waals surface area contributed by atoms with Gasteiger partial charge < -0.3 is 10.5 Å². The number of rotatable bonds is 3. The van der Waals surface area contributed by atoms with Crippen molar-refractivity contribution in [2.24, 2.45) is 5.73 Å². The molecule has 0 fully saturated rings. The first-order valence-electron chi connectivity index (χ1n) is 3.52. The van der Waals surface area contributed by atoms with Gasteiger partial charge in [0.25, 0.3) is 0 Å². The van der Waals surface area contributed by atoms with Gasteiger partial charge in [-0.15, -0.1) is 12.4 Å². The second-order valence-corrected chi connectivity index (χ2v) is 3.50. The molecule has 2 nitrogen and oxygen atoms in total. The third kappa shape index (κ3) is 4.18. The highest BCUT2D eigenvalue weighted by Crippen LogP contribution is 2.27. The van der Waals surface area contributed by atoms with Crippen LogP contribution in [0.2, 0.25) is 5.02 Å². The maximum atomic E-state index is 5.76. The molecule has 0 radical (unpaired) electrons. The first kappa shape index (κ1) is 13.0. The van der Waals surface area contributed by atoms with Gasteiger partial charge in [0.05, 0.1) is 4.47 Å². The minimum atomic E-state index is 0. The van der Waals surface area contributed by atoms with Crippen LogP contribution in [0.5, 0.6) is 5.75 Å². The molecule has 0 heterocycles. The van der Waals surface area contributed by atoms with Crippen LogP contribution in [0.3, 0.4) is 0 Å². The Labute approximate surface area is 96.9 Å². The molecule has 13 heavy (non-hydrogen) atoms. The van der Waals surface area contributed by atoms with Crippen LogP contribution < -0.4 is 10.5 Å². The first-order valence-corrected chi connectivity index (χ1v) is 4.69. The highest BCUT2D eigenvalue weighted by Gasteiger charge is 2.00. The smallest absolute Gasteiger partial charge is 0.135 e. The molecule has 0 aliphatic carbocycles. The van der Waals surface area contributed by atoms with E-state index >= 15 is 0 Å². The Balaban J connectivity index is 0.00000144. The van der Waals surface area contributed by atoms with Crippen molar-refractivity contribution in [2.45, 2.75) is 0 Å². The Morgan fingerprint density at radius 2 is 2.15 bits per heavy atom. The van der Waals surface area contributed by atoms with Crippen molar-refractivity contribution in [3.63, 3.8) is 0 Å². The zero-order valence-electron chi connectivity index (χ0n) is 6.80. The van der Waals surface area contributed by atoms with Gasteiger partial charge in [-0.1, -0.05) is 11.6 Å². The zero-order chi connectivity index (χ0) is 8.97. The molecule has 0 aliphatic heterocycles. The Morgan fingerprint density at radius 1 is 1.46 bits per heavy atom. The van der Waals surface area contributed by atoms with E-state index in [0.29, 0.717) is 18.2 Å². The molecule has 0 saturated heterocycles. The van der Waals surface area contributed by atoms with Crippen molar-refractivity contribution in [1.29, 1.82) is 0 Å². The summed E-state index contributed by atoms with van der Waals surface area (Å²) in [7, 11) is 0. The summed E-state index contributed by atoms with van der Waals surface area (Å²) in [6.45, 7) is 0.998.